The smallest absolute Gasteiger partial charge is 0.357 e. The fourth-order valence-corrected chi connectivity index (χ4v) is 7.07. The molecule has 1 saturated heterocycles. The second-order valence-electron chi connectivity index (χ2n) is 7.71. The summed E-state index contributed by atoms with van der Waals surface area (Å²) in [7, 11) is -3.44. The molecule has 0 aliphatic carbocycles. The van der Waals surface area contributed by atoms with Crippen molar-refractivity contribution in [3.8, 4) is 0 Å². The van der Waals surface area contributed by atoms with Gasteiger partial charge in [-0.05, 0) is 5.56 Å². The lowest BCUT2D eigenvalue weighted by atomic mass is 10.2. The molecule has 0 unspecified atom stereocenters. The maximum absolute atomic E-state index is 15.2. The predicted octanol–water partition coefficient (Wildman–Crippen LogP) is 5.21. The number of cyclic esters (lactones) is 1. The molecule has 0 saturated carbocycles. The van der Waals surface area contributed by atoms with Crippen LogP contribution in [0.5, 0.6) is 0 Å². The third-order valence-electron chi connectivity index (χ3n) is 5.65. The molecule has 33 heavy (non-hydrogen) atoms. The van der Waals surface area contributed by atoms with Gasteiger partial charge in [-0.15, -0.1) is 0 Å². The van der Waals surface area contributed by atoms with Crippen molar-refractivity contribution in [3.63, 3.8) is 0 Å². The standard InChI is InChI=1S/C28H22NO3P/c30-28-25(29-27(32-28)22-15-7-2-8-16-22)26(21-13-5-1-6-14-21)33(31,23-17-9-3-10-18-23)24-19-11-4-12-20-24/h1-20,27,29H/b26-25-/t27-/m0/s1. The average Bonchev–Trinajstić information content (AvgIpc) is 3.27. The van der Waals surface area contributed by atoms with E-state index in [1.54, 1.807) is 0 Å². The molecule has 1 fully saturated rings. The van der Waals surface area contributed by atoms with Gasteiger partial charge in [0.2, 0.25) is 0 Å². The zero-order valence-corrected chi connectivity index (χ0v) is 18.7. The van der Waals surface area contributed by atoms with Crippen molar-refractivity contribution in [2.75, 3.05) is 0 Å². The lowest BCUT2D eigenvalue weighted by Crippen LogP contribution is -2.21. The first-order valence-electron chi connectivity index (χ1n) is 10.7. The minimum atomic E-state index is -3.44. The van der Waals surface area contributed by atoms with Crippen molar-refractivity contribution in [2.24, 2.45) is 0 Å². The lowest BCUT2D eigenvalue weighted by molar-refractivity contribution is -0.139. The molecule has 0 radical (unpaired) electrons. The summed E-state index contributed by atoms with van der Waals surface area (Å²) in [5.41, 5.74) is 1.76. The SMILES string of the molecule is O=C1O[C@@H](c2ccccc2)N/C1=C(/c1ccccc1)P(=O)(c1ccccc1)c1ccccc1. The Labute approximate surface area is 192 Å². The summed E-state index contributed by atoms with van der Waals surface area (Å²) in [5, 5.41) is 4.99. The second-order valence-corrected chi connectivity index (χ2v) is 10.4. The fourth-order valence-electron chi connectivity index (χ4n) is 4.09. The zero-order chi connectivity index (χ0) is 22.7. The molecule has 0 spiro atoms. The Hall–Kier alpha value is -3.88. The number of carbonyl (C=O) groups excluding carboxylic acids is 1. The van der Waals surface area contributed by atoms with Gasteiger partial charge in [0, 0.05) is 16.2 Å². The first-order valence-corrected chi connectivity index (χ1v) is 12.4. The van der Waals surface area contributed by atoms with Crippen LogP contribution in [0.4, 0.5) is 0 Å². The van der Waals surface area contributed by atoms with Gasteiger partial charge in [0.05, 0.1) is 5.31 Å². The fraction of sp³-hybridized carbons (Fsp3) is 0.0357. The van der Waals surface area contributed by atoms with E-state index in [1.165, 1.54) is 0 Å². The molecule has 1 atom stereocenters. The minimum absolute atomic E-state index is 0.228. The molecular weight excluding hydrogens is 429 g/mol. The number of carbonyl (C=O) groups is 1. The lowest BCUT2D eigenvalue weighted by Gasteiger charge is -2.24. The summed E-state index contributed by atoms with van der Waals surface area (Å²) in [6.45, 7) is 0. The Morgan fingerprint density at radius 1 is 0.667 bits per heavy atom. The van der Waals surface area contributed by atoms with Crippen LogP contribution in [0.2, 0.25) is 0 Å². The average molecular weight is 451 g/mol. The molecule has 0 bridgehead atoms. The molecule has 5 heteroatoms. The maximum Gasteiger partial charge on any atom is 0.357 e. The first kappa shape index (κ1) is 21.0. The molecule has 4 nitrogen and oxygen atoms in total. The van der Waals surface area contributed by atoms with Crippen molar-refractivity contribution in [1.82, 2.24) is 5.32 Å². The summed E-state index contributed by atoms with van der Waals surface area (Å²) >= 11 is 0. The number of hydrogen-bond donors (Lipinski definition) is 1. The van der Waals surface area contributed by atoms with Gasteiger partial charge < -0.3 is 14.6 Å². The van der Waals surface area contributed by atoms with Gasteiger partial charge in [0.15, 0.2) is 13.4 Å². The topological polar surface area (TPSA) is 55.4 Å². The van der Waals surface area contributed by atoms with Crippen LogP contribution in [0.15, 0.2) is 127 Å². The van der Waals surface area contributed by atoms with Gasteiger partial charge in [-0.2, -0.15) is 0 Å². The highest BCUT2D eigenvalue weighted by Crippen LogP contribution is 2.58. The van der Waals surface area contributed by atoms with E-state index < -0.39 is 19.3 Å². The monoisotopic (exact) mass is 451 g/mol. The number of benzene rings is 4. The Morgan fingerprint density at radius 3 is 1.64 bits per heavy atom. The highest BCUT2D eigenvalue weighted by molar-refractivity contribution is 7.87. The Balaban J connectivity index is 1.78. The third-order valence-corrected chi connectivity index (χ3v) is 8.81. The molecule has 1 N–H and O–H groups in total. The van der Waals surface area contributed by atoms with Gasteiger partial charge >= 0.3 is 5.97 Å². The zero-order valence-electron chi connectivity index (χ0n) is 17.8. The minimum Gasteiger partial charge on any atom is -0.433 e. The first-order chi connectivity index (χ1) is 16.2. The van der Waals surface area contributed by atoms with E-state index in [1.807, 2.05) is 121 Å². The van der Waals surface area contributed by atoms with Crippen molar-refractivity contribution in [2.45, 2.75) is 6.23 Å². The van der Waals surface area contributed by atoms with Gasteiger partial charge in [-0.1, -0.05) is 121 Å². The van der Waals surface area contributed by atoms with E-state index in [0.717, 1.165) is 5.56 Å². The summed E-state index contributed by atoms with van der Waals surface area (Å²) in [6, 6.07) is 37.6. The molecular formula is C28H22NO3P. The van der Waals surface area contributed by atoms with E-state index in [4.69, 9.17) is 4.74 Å². The number of esters is 1. The molecule has 162 valence electrons. The molecule has 4 aromatic carbocycles. The van der Waals surface area contributed by atoms with Crippen LogP contribution in [0.1, 0.15) is 17.4 Å². The number of nitrogens with one attached hydrogen (secondary N) is 1. The van der Waals surface area contributed by atoms with Crippen molar-refractivity contribution < 1.29 is 14.1 Å². The second kappa shape index (κ2) is 8.93. The number of rotatable bonds is 5. The molecule has 1 aliphatic heterocycles. The molecule has 4 aromatic rings. The van der Waals surface area contributed by atoms with E-state index in [9.17, 15) is 4.79 Å². The number of ether oxygens (including phenoxy) is 1. The van der Waals surface area contributed by atoms with Crippen LogP contribution in [-0.4, -0.2) is 5.97 Å². The summed E-state index contributed by atoms with van der Waals surface area (Å²) in [5.74, 6) is -0.519. The summed E-state index contributed by atoms with van der Waals surface area (Å²) < 4.78 is 20.9. The van der Waals surface area contributed by atoms with Gasteiger partial charge in [0.1, 0.15) is 5.70 Å². The highest BCUT2D eigenvalue weighted by atomic mass is 31.2. The van der Waals surface area contributed by atoms with Crippen LogP contribution >= 0.6 is 7.14 Å². The highest BCUT2D eigenvalue weighted by Gasteiger charge is 2.41. The number of hydrogen-bond acceptors (Lipinski definition) is 4. The van der Waals surface area contributed by atoms with E-state index in [2.05, 4.69) is 5.32 Å². The van der Waals surface area contributed by atoms with Crippen molar-refractivity contribution in [3.05, 3.63) is 138 Å². The van der Waals surface area contributed by atoms with Gasteiger partial charge in [-0.3, -0.25) is 0 Å². The van der Waals surface area contributed by atoms with Crippen LogP contribution in [0.25, 0.3) is 5.31 Å². The van der Waals surface area contributed by atoms with Crippen molar-refractivity contribution in [1.29, 1.82) is 0 Å². The Morgan fingerprint density at radius 2 is 1.12 bits per heavy atom. The predicted molar refractivity (Wildman–Crippen MR) is 132 cm³/mol. The van der Waals surface area contributed by atoms with Crippen LogP contribution in [-0.2, 0) is 14.1 Å². The van der Waals surface area contributed by atoms with Crippen LogP contribution < -0.4 is 15.9 Å². The summed E-state index contributed by atoms with van der Waals surface area (Å²) in [6.07, 6.45) is -0.646. The normalized spacial score (nSPS) is 17.2. The van der Waals surface area contributed by atoms with E-state index >= 15 is 4.57 Å². The third kappa shape index (κ3) is 3.90. The molecule has 1 heterocycles. The van der Waals surface area contributed by atoms with Crippen molar-refractivity contribution >= 4 is 29.0 Å². The Bertz CT molecular complexity index is 1290. The Kier molecular flexibility index (Phi) is 5.68. The molecule has 1 aliphatic rings. The van der Waals surface area contributed by atoms with E-state index in [-0.39, 0.29) is 5.70 Å². The maximum atomic E-state index is 15.2. The van der Waals surface area contributed by atoms with Gasteiger partial charge in [0.25, 0.3) is 0 Å². The van der Waals surface area contributed by atoms with E-state index in [0.29, 0.717) is 21.5 Å². The van der Waals surface area contributed by atoms with Crippen LogP contribution in [0, 0.1) is 0 Å². The molecule has 0 amide bonds. The molecule has 0 aromatic heterocycles. The molecule has 5 rings (SSSR count). The largest absolute Gasteiger partial charge is 0.433 e. The quantitative estimate of drug-likeness (QED) is 0.257. The van der Waals surface area contributed by atoms with Crippen LogP contribution in [0.3, 0.4) is 0 Å². The summed E-state index contributed by atoms with van der Waals surface area (Å²) in [4.78, 5) is 13.2. The van der Waals surface area contributed by atoms with Gasteiger partial charge in [-0.25, -0.2) is 4.79 Å².